The van der Waals surface area contributed by atoms with Crippen molar-refractivity contribution in [3.63, 3.8) is 0 Å². The zero-order valence-corrected chi connectivity index (χ0v) is 16.2. The molecule has 0 bridgehead atoms. The fourth-order valence-corrected chi connectivity index (χ4v) is 3.38. The van der Waals surface area contributed by atoms with Gasteiger partial charge in [0.1, 0.15) is 24.3 Å². The third-order valence-corrected chi connectivity index (χ3v) is 4.86. The van der Waals surface area contributed by atoms with Crippen molar-refractivity contribution < 1.29 is 24.4 Å². The summed E-state index contributed by atoms with van der Waals surface area (Å²) >= 11 is 0. The van der Waals surface area contributed by atoms with Crippen molar-refractivity contribution in [3.05, 3.63) is 47.5 Å². The van der Waals surface area contributed by atoms with Crippen LogP contribution in [0.25, 0.3) is 11.3 Å². The molecule has 29 heavy (non-hydrogen) atoms. The minimum absolute atomic E-state index is 0.0144. The number of hydrogen-bond acceptors (Lipinski definition) is 7. The van der Waals surface area contributed by atoms with Gasteiger partial charge in [-0.3, -0.25) is 5.10 Å². The number of nitrogens with zero attached hydrogens (tertiary/aromatic N) is 1. The van der Waals surface area contributed by atoms with E-state index in [2.05, 4.69) is 15.5 Å². The molecule has 8 nitrogen and oxygen atoms in total. The molecule has 8 heteroatoms. The molecule has 1 aromatic heterocycles. The molecule has 1 heterocycles. The summed E-state index contributed by atoms with van der Waals surface area (Å²) in [5, 5.41) is 29.4. The number of benzene rings is 2. The van der Waals surface area contributed by atoms with Gasteiger partial charge in [-0.15, -0.1) is 0 Å². The minimum Gasteiger partial charge on any atom is -0.497 e. The largest absolute Gasteiger partial charge is 0.497 e. The Balaban J connectivity index is 1.60. The van der Waals surface area contributed by atoms with Crippen molar-refractivity contribution >= 4 is 11.5 Å². The maximum Gasteiger partial charge on any atom is 0.161 e. The monoisotopic (exact) mass is 397 g/mol. The number of ether oxygens (including phenoxy) is 3. The van der Waals surface area contributed by atoms with Crippen molar-refractivity contribution in [1.29, 1.82) is 0 Å². The van der Waals surface area contributed by atoms with E-state index in [-0.39, 0.29) is 13.2 Å². The van der Waals surface area contributed by atoms with E-state index in [1.807, 2.05) is 36.4 Å². The lowest BCUT2D eigenvalue weighted by atomic mass is 10.1. The lowest BCUT2D eigenvalue weighted by Gasteiger charge is -2.14. The van der Waals surface area contributed by atoms with Gasteiger partial charge in [0.15, 0.2) is 11.5 Å². The first-order valence-corrected chi connectivity index (χ1v) is 9.24. The number of aliphatic hydroxyl groups is 2. The molecule has 4 N–H and O–H groups in total. The number of aliphatic hydroxyl groups excluding tert-OH is 2. The summed E-state index contributed by atoms with van der Waals surface area (Å²) in [5.74, 6) is 2.66. The molecule has 0 radical (unpaired) electrons. The summed E-state index contributed by atoms with van der Waals surface area (Å²) < 4.78 is 16.4. The quantitative estimate of drug-likeness (QED) is 0.362. The van der Waals surface area contributed by atoms with E-state index in [4.69, 9.17) is 19.3 Å². The lowest BCUT2D eigenvalue weighted by molar-refractivity contribution is 0.0527. The average Bonchev–Trinajstić information content (AvgIpc) is 3.30. The fraction of sp³-hybridized carbons (Fsp3) is 0.286. The van der Waals surface area contributed by atoms with Crippen LogP contribution in [0.4, 0.5) is 11.5 Å². The minimum atomic E-state index is -0.942. The fourth-order valence-electron chi connectivity index (χ4n) is 3.38. The Morgan fingerprint density at radius 2 is 2.03 bits per heavy atom. The highest BCUT2D eigenvalue weighted by Crippen LogP contribution is 2.44. The number of aromatic amines is 1. The molecule has 0 fully saturated rings. The highest BCUT2D eigenvalue weighted by atomic mass is 16.5. The van der Waals surface area contributed by atoms with Gasteiger partial charge in [0, 0.05) is 29.3 Å². The van der Waals surface area contributed by atoms with Crippen molar-refractivity contribution in [2.24, 2.45) is 0 Å². The highest BCUT2D eigenvalue weighted by Gasteiger charge is 2.27. The van der Waals surface area contributed by atoms with Crippen LogP contribution < -0.4 is 19.5 Å². The number of rotatable bonds is 8. The van der Waals surface area contributed by atoms with Crippen LogP contribution in [0.1, 0.15) is 11.1 Å². The molecule has 4 rings (SSSR count). The zero-order valence-electron chi connectivity index (χ0n) is 16.2. The van der Waals surface area contributed by atoms with Crippen LogP contribution in [0, 0.1) is 0 Å². The molecular weight excluding hydrogens is 374 g/mol. The van der Waals surface area contributed by atoms with E-state index in [1.165, 1.54) is 0 Å². The van der Waals surface area contributed by atoms with E-state index in [0.29, 0.717) is 17.9 Å². The number of aromatic nitrogens is 2. The van der Waals surface area contributed by atoms with Crippen LogP contribution in [0.15, 0.2) is 36.4 Å². The molecule has 3 aromatic rings. The molecule has 0 saturated heterocycles. The van der Waals surface area contributed by atoms with Crippen molar-refractivity contribution in [2.75, 3.05) is 32.8 Å². The van der Waals surface area contributed by atoms with Crippen molar-refractivity contribution in [2.45, 2.75) is 12.5 Å². The van der Waals surface area contributed by atoms with Gasteiger partial charge in [-0.25, -0.2) is 0 Å². The number of nitrogens with one attached hydrogen (secondary N) is 2. The maximum atomic E-state index is 9.55. The molecule has 0 amide bonds. The summed E-state index contributed by atoms with van der Waals surface area (Å²) in [6.07, 6.45) is -0.265. The molecule has 152 valence electrons. The van der Waals surface area contributed by atoms with Gasteiger partial charge in [0.25, 0.3) is 0 Å². The Morgan fingerprint density at radius 3 is 2.79 bits per heavy atom. The van der Waals surface area contributed by atoms with Crippen LogP contribution in [-0.2, 0) is 6.42 Å². The Hall–Kier alpha value is -3.23. The summed E-state index contributed by atoms with van der Waals surface area (Å²) in [7, 11) is 3.20. The summed E-state index contributed by atoms with van der Waals surface area (Å²) in [6, 6.07) is 11.5. The van der Waals surface area contributed by atoms with Gasteiger partial charge < -0.3 is 29.7 Å². The molecule has 0 aliphatic heterocycles. The first-order valence-electron chi connectivity index (χ1n) is 9.24. The van der Waals surface area contributed by atoms with Gasteiger partial charge in [-0.2, -0.15) is 5.10 Å². The molecule has 1 atom stereocenters. The third kappa shape index (κ3) is 3.72. The van der Waals surface area contributed by atoms with E-state index in [1.54, 1.807) is 14.2 Å². The van der Waals surface area contributed by atoms with Crippen LogP contribution in [0.5, 0.6) is 17.2 Å². The maximum absolute atomic E-state index is 9.55. The second-order valence-corrected chi connectivity index (χ2v) is 6.77. The standard InChI is InChI=1S/C21H23N3O5/c1-27-15-5-3-4-13(8-15)22-21-17-6-12-7-19(29-11-14(26)10-25)18(28-2)9-16(12)20(17)23-24-21/h3-5,7-9,14,25-26H,6,10-11H2,1-2H3,(H2,22,23,24). The van der Waals surface area contributed by atoms with Gasteiger partial charge in [-0.1, -0.05) is 6.07 Å². The first kappa shape index (κ1) is 19.1. The number of H-pyrrole nitrogens is 1. The van der Waals surface area contributed by atoms with Gasteiger partial charge in [0.05, 0.1) is 26.5 Å². The van der Waals surface area contributed by atoms with Gasteiger partial charge >= 0.3 is 0 Å². The van der Waals surface area contributed by atoms with Crippen molar-refractivity contribution in [1.82, 2.24) is 10.2 Å². The van der Waals surface area contributed by atoms with Crippen LogP contribution in [-0.4, -0.2) is 53.9 Å². The van der Waals surface area contributed by atoms with E-state index in [0.717, 1.165) is 39.6 Å². The lowest BCUT2D eigenvalue weighted by Crippen LogP contribution is -2.21. The number of hydrogen-bond donors (Lipinski definition) is 4. The van der Waals surface area contributed by atoms with Crippen molar-refractivity contribution in [3.8, 4) is 28.5 Å². The van der Waals surface area contributed by atoms with E-state index in [9.17, 15) is 5.11 Å². The predicted molar refractivity (Wildman–Crippen MR) is 108 cm³/mol. The number of methoxy groups -OCH3 is 2. The van der Waals surface area contributed by atoms with Crippen LogP contribution in [0.3, 0.4) is 0 Å². The van der Waals surface area contributed by atoms with E-state index < -0.39 is 6.10 Å². The smallest absolute Gasteiger partial charge is 0.161 e. The molecule has 1 aliphatic carbocycles. The Morgan fingerprint density at radius 1 is 1.17 bits per heavy atom. The second-order valence-electron chi connectivity index (χ2n) is 6.77. The molecular formula is C21H23N3O5. The number of fused-ring (bicyclic) bond motifs is 3. The van der Waals surface area contributed by atoms with Crippen LogP contribution in [0.2, 0.25) is 0 Å². The first-order chi connectivity index (χ1) is 14.1. The van der Waals surface area contributed by atoms with E-state index >= 15 is 0 Å². The summed E-state index contributed by atoms with van der Waals surface area (Å²) in [4.78, 5) is 0. The second kappa shape index (κ2) is 8.02. The SMILES string of the molecule is COc1cccc(Nc2[nH]nc3c2Cc2cc(OCC(O)CO)c(OC)cc2-3)c1. The van der Waals surface area contributed by atoms with Crippen LogP contribution >= 0.6 is 0 Å². The molecule has 0 spiro atoms. The highest BCUT2D eigenvalue weighted by molar-refractivity contribution is 5.81. The predicted octanol–water partition coefficient (Wildman–Crippen LogP) is 2.47. The molecule has 2 aromatic carbocycles. The summed E-state index contributed by atoms with van der Waals surface area (Å²) in [5.41, 5.74) is 4.84. The van der Waals surface area contributed by atoms with Gasteiger partial charge in [0.2, 0.25) is 0 Å². The average molecular weight is 397 g/mol. The zero-order chi connectivity index (χ0) is 20.4. The molecule has 0 saturated carbocycles. The van der Waals surface area contributed by atoms with Gasteiger partial charge in [-0.05, 0) is 29.8 Å². The Bertz CT molecular complexity index is 1020. The molecule has 1 unspecified atom stereocenters. The summed E-state index contributed by atoms with van der Waals surface area (Å²) in [6.45, 7) is -0.374. The topological polar surface area (TPSA) is 109 Å². The molecule has 1 aliphatic rings. The normalized spacial score (nSPS) is 12.8. The Kier molecular flexibility index (Phi) is 5.28. The third-order valence-electron chi connectivity index (χ3n) is 4.86. The number of anilines is 2. The Labute approximate surface area is 168 Å².